The number of nitrogens with one attached hydrogen (secondary N) is 1. The van der Waals surface area contributed by atoms with E-state index in [0.29, 0.717) is 12.1 Å². The highest BCUT2D eigenvalue weighted by Gasteiger charge is 2.20. The molecule has 1 aromatic rings. The van der Waals surface area contributed by atoms with Crippen LogP contribution in [0.2, 0.25) is 0 Å². The second-order valence-electron chi connectivity index (χ2n) is 6.15. The number of rotatable bonds is 6. The van der Waals surface area contributed by atoms with Crippen molar-refractivity contribution in [3.63, 3.8) is 0 Å². The normalized spacial score (nSPS) is 24.6. The first-order valence-corrected chi connectivity index (χ1v) is 8.10. The fourth-order valence-electron chi connectivity index (χ4n) is 2.96. The third-order valence-corrected chi connectivity index (χ3v) is 4.60. The highest BCUT2D eigenvalue weighted by Crippen LogP contribution is 2.26. The first kappa shape index (κ1) is 15.5. The number of aryl methyl sites for hydroxylation is 1. The van der Waals surface area contributed by atoms with Gasteiger partial charge in [-0.1, -0.05) is 38.1 Å². The monoisotopic (exact) mass is 275 g/mol. The first-order chi connectivity index (χ1) is 9.72. The Morgan fingerprint density at radius 1 is 1.15 bits per heavy atom. The Hall–Kier alpha value is -0.860. The summed E-state index contributed by atoms with van der Waals surface area (Å²) < 4.78 is 6.13. The van der Waals surface area contributed by atoms with Crippen LogP contribution in [0.1, 0.15) is 56.7 Å². The SMILES string of the molecule is CCc1ccc(C(COC2CCC(C)CC2)NC)cc1. The van der Waals surface area contributed by atoms with Gasteiger partial charge < -0.3 is 10.1 Å². The summed E-state index contributed by atoms with van der Waals surface area (Å²) in [6, 6.07) is 9.21. The standard InChI is InChI=1S/C18H29NO/c1-4-15-7-9-16(10-8-15)18(19-3)13-20-17-11-5-14(2)6-12-17/h7-10,14,17-19H,4-6,11-13H2,1-3H3. The third-order valence-electron chi connectivity index (χ3n) is 4.60. The number of hydrogen-bond acceptors (Lipinski definition) is 2. The van der Waals surface area contributed by atoms with E-state index in [2.05, 4.69) is 43.4 Å². The van der Waals surface area contributed by atoms with Crippen molar-refractivity contribution in [2.24, 2.45) is 5.92 Å². The van der Waals surface area contributed by atoms with Crippen LogP contribution in [0.15, 0.2) is 24.3 Å². The van der Waals surface area contributed by atoms with Gasteiger partial charge in [0.25, 0.3) is 0 Å². The van der Waals surface area contributed by atoms with Crippen LogP contribution in [-0.2, 0) is 11.2 Å². The van der Waals surface area contributed by atoms with Crippen molar-refractivity contribution in [1.29, 1.82) is 0 Å². The summed E-state index contributed by atoms with van der Waals surface area (Å²) in [5, 5.41) is 3.38. The Labute approximate surface area is 123 Å². The molecule has 1 fully saturated rings. The molecule has 0 aromatic heterocycles. The molecule has 0 saturated heterocycles. The molecular formula is C18H29NO. The van der Waals surface area contributed by atoms with Crippen LogP contribution in [0, 0.1) is 5.92 Å². The van der Waals surface area contributed by atoms with Crippen molar-refractivity contribution in [1.82, 2.24) is 5.32 Å². The molecule has 1 saturated carbocycles. The molecule has 0 radical (unpaired) electrons. The quantitative estimate of drug-likeness (QED) is 0.843. The average Bonchev–Trinajstić information content (AvgIpc) is 2.50. The Bertz CT molecular complexity index is 379. The molecule has 1 atom stereocenters. The van der Waals surface area contributed by atoms with Crippen LogP contribution in [0.25, 0.3) is 0 Å². The van der Waals surface area contributed by atoms with Gasteiger partial charge in [-0.05, 0) is 56.2 Å². The van der Waals surface area contributed by atoms with E-state index in [0.717, 1.165) is 18.9 Å². The van der Waals surface area contributed by atoms with Crippen LogP contribution in [-0.4, -0.2) is 19.8 Å². The maximum atomic E-state index is 6.13. The highest BCUT2D eigenvalue weighted by molar-refractivity contribution is 5.25. The van der Waals surface area contributed by atoms with Crippen molar-refractivity contribution >= 4 is 0 Å². The van der Waals surface area contributed by atoms with E-state index in [1.807, 2.05) is 7.05 Å². The lowest BCUT2D eigenvalue weighted by atomic mass is 9.89. The van der Waals surface area contributed by atoms with E-state index >= 15 is 0 Å². The first-order valence-electron chi connectivity index (χ1n) is 8.10. The van der Waals surface area contributed by atoms with E-state index in [-0.39, 0.29) is 0 Å². The summed E-state index contributed by atoms with van der Waals surface area (Å²) in [6.07, 6.45) is 6.66. The van der Waals surface area contributed by atoms with Gasteiger partial charge in [-0.2, -0.15) is 0 Å². The molecule has 2 rings (SSSR count). The minimum atomic E-state index is 0.306. The van der Waals surface area contributed by atoms with Gasteiger partial charge in [0.1, 0.15) is 0 Å². The van der Waals surface area contributed by atoms with Gasteiger partial charge in [-0.15, -0.1) is 0 Å². The Morgan fingerprint density at radius 2 is 1.80 bits per heavy atom. The molecule has 1 N–H and O–H groups in total. The largest absolute Gasteiger partial charge is 0.376 e. The second kappa shape index (κ2) is 7.80. The van der Waals surface area contributed by atoms with Gasteiger partial charge in [0, 0.05) is 0 Å². The second-order valence-corrected chi connectivity index (χ2v) is 6.15. The van der Waals surface area contributed by atoms with Gasteiger partial charge in [-0.25, -0.2) is 0 Å². The van der Waals surface area contributed by atoms with Crippen LogP contribution in [0.4, 0.5) is 0 Å². The summed E-state index contributed by atoms with van der Waals surface area (Å²) in [5.41, 5.74) is 2.72. The van der Waals surface area contributed by atoms with Crippen molar-refractivity contribution in [2.45, 2.75) is 58.1 Å². The molecule has 2 heteroatoms. The Balaban J connectivity index is 1.85. The van der Waals surface area contributed by atoms with Crippen LogP contribution in [0.5, 0.6) is 0 Å². The Morgan fingerprint density at radius 3 is 2.35 bits per heavy atom. The molecule has 0 amide bonds. The molecule has 1 aliphatic rings. The van der Waals surface area contributed by atoms with Crippen molar-refractivity contribution in [3.05, 3.63) is 35.4 Å². The van der Waals surface area contributed by atoms with Gasteiger partial charge in [0.2, 0.25) is 0 Å². The predicted molar refractivity (Wildman–Crippen MR) is 85.0 cm³/mol. The van der Waals surface area contributed by atoms with Crippen LogP contribution >= 0.6 is 0 Å². The fraction of sp³-hybridized carbons (Fsp3) is 0.667. The zero-order valence-electron chi connectivity index (χ0n) is 13.2. The molecule has 0 heterocycles. The molecule has 1 unspecified atom stereocenters. The number of benzene rings is 1. The minimum Gasteiger partial charge on any atom is -0.376 e. The van der Waals surface area contributed by atoms with Gasteiger partial charge in [-0.3, -0.25) is 0 Å². The number of likely N-dealkylation sites (N-methyl/N-ethyl adjacent to an activating group) is 1. The van der Waals surface area contributed by atoms with Gasteiger partial charge in [0.05, 0.1) is 18.8 Å². The summed E-state index contributed by atoms with van der Waals surface area (Å²) in [5.74, 6) is 0.886. The molecule has 2 nitrogen and oxygen atoms in total. The van der Waals surface area contributed by atoms with E-state index in [9.17, 15) is 0 Å². The molecule has 0 spiro atoms. The topological polar surface area (TPSA) is 21.3 Å². The lowest BCUT2D eigenvalue weighted by Crippen LogP contribution is -2.27. The highest BCUT2D eigenvalue weighted by atomic mass is 16.5. The average molecular weight is 275 g/mol. The van der Waals surface area contributed by atoms with E-state index in [4.69, 9.17) is 4.74 Å². The summed E-state index contributed by atoms with van der Waals surface area (Å²) in [6.45, 7) is 5.32. The van der Waals surface area contributed by atoms with E-state index < -0.39 is 0 Å². The molecule has 20 heavy (non-hydrogen) atoms. The lowest BCUT2D eigenvalue weighted by Gasteiger charge is -2.28. The molecule has 1 aliphatic carbocycles. The zero-order chi connectivity index (χ0) is 14.4. The maximum absolute atomic E-state index is 6.13. The maximum Gasteiger partial charge on any atom is 0.0665 e. The summed E-state index contributed by atoms with van der Waals surface area (Å²) in [4.78, 5) is 0. The minimum absolute atomic E-state index is 0.306. The van der Waals surface area contributed by atoms with Crippen molar-refractivity contribution in [3.8, 4) is 0 Å². The molecule has 1 aromatic carbocycles. The smallest absolute Gasteiger partial charge is 0.0665 e. The summed E-state index contributed by atoms with van der Waals surface area (Å²) in [7, 11) is 2.02. The van der Waals surface area contributed by atoms with Crippen LogP contribution < -0.4 is 5.32 Å². The van der Waals surface area contributed by atoms with E-state index in [1.165, 1.54) is 36.8 Å². The lowest BCUT2D eigenvalue weighted by molar-refractivity contribution is 0.00881. The predicted octanol–water partition coefficient (Wildman–Crippen LogP) is 4.10. The molecular weight excluding hydrogens is 246 g/mol. The Kier molecular flexibility index (Phi) is 6.06. The summed E-state index contributed by atoms with van der Waals surface area (Å²) >= 11 is 0. The van der Waals surface area contributed by atoms with Crippen LogP contribution in [0.3, 0.4) is 0 Å². The van der Waals surface area contributed by atoms with Gasteiger partial charge in [0.15, 0.2) is 0 Å². The van der Waals surface area contributed by atoms with Crippen molar-refractivity contribution in [2.75, 3.05) is 13.7 Å². The third kappa shape index (κ3) is 4.32. The number of hydrogen-bond donors (Lipinski definition) is 1. The fourth-order valence-corrected chi connectivity index (χ4v) is 2.96. The zero-order valence-corrected chi connectivity index (χ0v) is 13.2. The number of ether oxygens (including phenoxy) is 1. The molecule has 0 aliphatic heterocycles. The van der Waals surface area contributed by atoms with E-state index in [1.54, 1.807) is 0 Å². The molecule has 112 valence electrons. The van der Waals surface area contributed by atoms with Crippen molar-refractivity contribution < 1.29 is 4.74 Å². The van der Waals surface area contributed by atoms with Gasteiger partial charge >= 0.3 is 0 Å². The molecule has 0 bridgehead atoms.